The van der Waals surface area contributed by atoms with Crippen molar-refractivity contribution < 1.29 is 14.3 Å². The van der Waals surface area contributed by atoms with Gasteiger partial charge in [0.05, 0.1) is 20.3 Å². The second kappa shape index (κ2) is 4.14. The number of carbonyl (C=O) groups is 1. The molecule has 0 saturated carbocycles. The molecule has 86 valence electrons. The Labute approximate surface area is 94.6 Å². The number of hydrogen-bond acceptors (Lipinski definition) is 4. The van der Waals surface area contributed by atoms with E-state index in [9.17, 15) is 4.79 Å². The van der Waals surface area contributed by atoms with Crippen LogP contribution in [0.2, 0.25) is 0 Å². The van der Waals surface area contributed by atoms with E-state index in [1.807, 2.05) is 31.2 Å². The van der Waals surface area contributed by atoms with Gasteiger partial charge in [-0.15, -0.1) is 0 Å². The molecule has 4 nitrogen and oxygen atoms in total. The van der Waals surface area contributed by atoms with Crippen LogP contribution in [0.4, 0.5) is 5.69 Å². The standard InChI is InChI=1S/C12H15NO3/c1-9-3-5-10(6-4-9)13-12(7-16-8-12)11(14)15-2/h3-6,13H,7-8H2,1-2H3. The van der Waals surface area contributed by atoms with E-state index in [2.05, 4.69) is 5.32 Å². The summed E-state index contributed by atoms with van der Waals surface area (Å²) >= 11 is 0. The highest BCUT2D eigenvalue weighted by atomic mass is 16.5. The minimum atomic E-state index is -0.704. The predicted octanol–water partition coefficient (Wildman–Crippen LogP) is 1.35. The fourth-order valence-electron chi connectivity index (χ4n) is 1.66. The van der Waals surface area contributed by atoms with Crippen molar-refractivity contribution in [2.24, 2.45) is 0 Å². The molecule has 1 N–H and O–H groups in total. The first-order valence-corrected chi connectivity index (χ1v) is 5.17. The molecule has 2 rings (SSSR count). The van der Waals surface area contributed by atoms with Gasteiger partial charge in [-0.05, 0) is 19.1 Å². The highest BCUT2D eigenvalue weighted by molar-refractivity contribution is 5.86. The van der Waals surface area contributed by atoms with Gasteiger partial charge in [-0.2, -0.15) is 0 Å². The molecule has 0 aliphatic carbocycles. The molecule has 1 aliphatic heterocycles. The first-order valence-electron chi connectivity index (χ1n) is 5.17. The SMILES string of the molecule is COC(=O)C1(Nc2ccc(C)cc2)COC1. The Bertz CT molecular complexity index is 382. The van der Waals surface area contributed by atoms with Crippen LogP contribution in [0.25, 0.3) is 0 Å². The lowest BCUT2D eigenvalue weighted by atomic mass is 9.97. The van der Waals surface area contributed by atoms with E-state index in [4.69, 9.17) is 9.47 Å². The van der Waals surface area contributed by atoms with Crippen LogP contribution in [-0.4, -0.2) is 31.8 Å². The minimum absolute atomic E-state index is 0.278. The molecule has 16 heavy (non-hydrogen) atoms. The number of anilines is 1. The van der Waals surface area contributed by atoms with Gasteiger partial charge in [0.2, 0.25) is 0 Å². The zero-order valence-electron chi connectivity index (χ0n) is 9.45. The van der Waals surface area contributed by atoms with Crippen molar-refractivity contribution in [2.75, 3.05) is 25.6 Å². The van der Waals surface area contributed by atoms with Gasteiger partial charge in [-0.25, -0.2) is 4.79 Å². The first-order chi connectivity index (χ1) is 7.66. The van der Waals surface area contributed by atoms with E-state index in [1.165, 1.54) is 12.7 Å². The monoisotopic (exact) mass is 221 g/mol. The highest BCUT2D eigenvalue weighted by Crippen LogP contribution is 2.24. The van der Waals surface area contributed by atoms with Crippen LogP contribution in [0.1, 0.15) is 5.56 Å². The molecular formula is C12H15NO3. The number of carbonyl (C=O) groups excluding carboxylic acids is 1. The van der Waals surface area contributed by atoms with Crippen molar-refractivity contribution in [3.05, 3.63) is 29.8 Å². The maximum absolute atomic E-state index is 11.6. The molecular weight excluding hydrogens is 206 g/mol. The van der Waals surface area contributed by atoms with Crippen molar-refractivity contribution in [1.82, 2.24) is 0 Å². The second-order valence-corrected chi connectivity index (χ2v) is 4.06. The second-order valence-electron chi connectivity index (χ2n) is 4.06. The molecule has 0 spiro atoms. The normalized spacial score (nSPS) is 17.4. The van der Waals surface area contributed by atoms with Crippen LogP contribution in [0.15, 0.2) is 24.3 Å². The zero-order chi connectivity index (χ0) is 11.6. The highest BCUT2D eigenvalue weighted by Gasteiger charge is 2.47. The number of nitrogens with one attached hydrogen (secondary N) is 1. The van der Waals surface area contributed by atoms with E-state index in [0.29, 0.717) is 13.2 Å². The summed E-state index contributed by atoms with van der Waals surface area (Å²) in [6.45, 7) is 2.73. The van der Waals surface area contributed by atoms with E-state index < -0.39 is 5.54 Å². The van der Waals surface area contributed by atoms with Crippen LogP contribution >= 0.6 is 0 Å². The number of benzene rings is 1. The molecule has 4 heteroatoms. The molecule has 0 unspecified atom stereocenters. The van der Waals surface area contributed by atoms with Gasteiger partial charge in [-0.1, -0.05) is 17.7 Å². The Morgan fingerprint density at radius 3 is 2.44 bits per heavy atom. The summed E-state index contributed by atoms with van der Waals surface area (Å²) < 4.78 is 9.87. The summed E-state index contributed by atoms with van der Waals surface area (Å²) in [5, 5.41) is 3.17. The van der Waals surface area contributed by atoms with E-state index in [-0.39, 0.29) is 5.97 Å². The Morgan fingerprint density at radius 1 is 1.38 bits per heavy atom. The Kier molecular flexibility index (Phi) is 2.83. The van der Waals surface area contributed by atoms with E-state index in [1.54, 1.807) is 0 Å². The zero-order valence-corrected chi connectivity index (χ0v) is 9.45. The fraction of sp³-hybridized carbons (Fsp3) is 0.417. The molecule has 1 heterocycles. The van der Waals surface area contributed by atoms with E-state index >= 15 is 0 Å². The predicted molar refractivity (Wildman–Crippen MR) is 60.4 cm³/mol. The molecule has 1 fully saturated rings. The third kappa shape index (κ3) is 1.88. The molecule has 0 aromatic heterocycles. The number of esters is 1. The van der Waals surface area contributed by atoms with Crippen LogP contribution in [0.3, 0.4) is 0 Å². The Hall–Kier alpha value is -1.55. The lowest BCUT2D eigenvalue weighted by molar-refractivity contribution is -0.161. The van der Waals surface area contributed by atoms with Crippen molar-refractivity contribution in [3.8, 4) is 0 Å². The molecule has 1 aliphatic rings. The van der Waals surface area contributed by atoms with Gasteiger partial charge in [0.15, 0.2) is 5.54 Å². The number of methoxy groups -OCH3 is 1. The number of rotatable bonds is 3. The van der Waals surface area contributed by atoms with Gasteiger partial charge in [0.1, 0.15) is 0 Å². The molecule has 0 amide bonds. The molecule has 1 saturated heterocycles. The molecule has 0 atom stereocenters. The molecule has 1 aromatic rings. The van der Waals surface area contributed by atoms with Gasteiger partial charge in [0.25, 0.3) is 0 Å². The summed E-state index contributed by atoms with van der Waals surface area (Å²) in [5.74, 6) is -0.278. The Balaban J connectivity index is 2.13. The lowest BCUT2D eigenvalue weighted by Gasteiger charge is -2.39. The Morgan fingerprint density at radius 2 is 2.00 bits per heavy atom. The van der Waals surface area contributed by atoms with Crippen LogP contribution in [0.5, 0.6) is 0 Å². The number of hydrogen-bond donors (Lipinski definition) is 1. The summed E-state index contributed by atoms with van der Waals surface area (Å²) in [6.07, 6.45) is 0. The largest absolute Gasteiger partial charge is 0.467 e. The van der Waals surface area contributed by atoms with Gasteiger partial charge >= 0.3 is 5.97 Å². The van der Waals surface area contributed by atoms with Crippen molar-refractivity contribution in [1.29, 1.82) is 0 Å². The summed E-state index contributed by atoms with van der Waals surface area (Å²) in [5.41, 5.74) is 1.38. The van der Waals surface area contributed by atoms with Gasteiger partial charge < -0.3 is 14.8 Å². The van der Waals surface area contributed by atoms with Crippen molar-refractivity contribution in [3.63, 3.8) is 0 Å². The van der Waals surface area contributed by atoms with Gasteiger partial charge in [-0.3, -0.25) is 0 Å². The van der Waals surface area contributed by atoms with E-state index in [0.717, 1.165) is 5.69 Å². The third-order valence-electron chi connectivity index (χ3n) is 2.71. The summed E-state index contributed by atoms with van der Waals surface area (Å²) in [7, 11) is 1.39. The lowest BCUT2D eigenvalue weighted by Crippen LogP contribution is -2.62. The fourth-order valence-corrected chi connectivity index (χ4v) is 1.66. The van der Waals surface area contributed by atoms with Gasteiger partial charge in [0, 0.05) is 5.69 Å². The van der Waals surface area contributed by atoms with Crippen molar-refractivity contribution >= 4 is 11.7 Å². The first kappa shape index (κ1) is 11.0. The average Bonchev–Trinajstić information content (AvgIpc) is 2.25. The maximum Gasteiger partial charge on any atom is 0.336 e. The number of ether oxygens (including phenoxy) is 2. The van der Waals surface area contributed by atoms with Crippen LogP contribution in [0, 0.1) is 6.92 Å². The summed E-state index contributed by atoms with van der Waals surface area (Å²) in [4.78, 5) is 11.6. The maximum atomic E-state index is 11.6. The molecule has 0 bridgehead atoms. The molecule has 1 aromatic carbocycles. The van der Waals surface area contributed by atoms with Crippen LogP contribution < -0.4 is 5.32 Å². The quantitative estimate of drug-likeness (QED) is 0.783. The topological polar surface area (TPSA) is 47.6 Å². The number of aryl methyl sites for hydroxylation is 1. The smallest absolute Gasteiger partial charge is 0.336 e. The third-order valence-corrected chi connectivity index (χ3v) is 2.71. The average molecular weight is 221 g/mol. The van der Waals surface area contributed by atoms with Crippen molar-refractivity contribution in [2.45, 2.75) is 12.5 Å². The van der Waals surface area contributed by atoms with Crippen LogP contribution in [-0.2, 0) is 14.3 Å². The molecule has 0 radical (unpaired) electrons. The minimum Gasteiger partial charge on any atom is -0.467 e. The summed E-state index contributed by atoms with van der Waals surface area (Å²) in [6, 6.07) is 7.87.